The zero-order valence-corrected chi connectivity index (χ0v) is 25.0. The lowest BCUT2D eigenvalue weighted by Crippen LogP contribution is -2.10. The van der Waals surface area contributed by atoms with Crippen LogP contribution in [-0.2, 0) is 0 Å². The third kappa shape index (κ3) is 4.58. The molecule has 0 unspecified atom stereocenters. The Morgan fingerprint density at radius 3 is 1.96 bits per heavy atom. The molecule has 3 heteroatoms. The van der Waals surface area contributed by atoms with E-state index in [4.69, 9.17) is 4.42 Å². The number of aromatic nitrogens is 1. The fraction of sp³-hybridized carbons (Fsp3) is 0. The van der Waals surface area contributed by atoms with E-state index >= 15 is 0 Å². The van der Waals surface area contributed by atoms with Crippen LogP contribution in [0.1, 0.15) is 0 Å². The zero-order chi connectivity index (χ0) is 30.5. The summed E-state index contributed by atoms with van der Waals surface area (Å²) in [6.45, 7) is 0. The fourth-order valence-electron chi connectivity index (χ4n) is 6.55. The van der Waals surface area contributed by atoms with Crippen LogP contribution in [0.25, 0.3) is 65.9 Å². The van der Waals surface area contributed by atoms with Gasteiger partial charge < -0.3 is 9.32 Å². The molecular formula is C43H28N2O. The molecule has 9 rings (SSSR count). The lowest BCUT2D eigenvalue weighted by Gasteiger charge is -2.26. The quantitative estimate of drug-likeness (QED) is 0.200. The molecular weight excluding hydrogens is 560 g/mol. The van der Waals surface area contributed by atoms with Crippen LogP contribution in [0.3, 0.4) is 0 Å². The highest BCUT2D eigenvalue weighted by atomic mass is 16.3. The summed E-state index contributed by atoms with van der Waals surface area (Å²) in [6.07, 6.45) is 1.82. The molecule has 0 spiro atoms. The minimum atomic E-state index is 0.843. The van der Waals surface area contributed by atoms with E-state index in [1.54, 1.807) is 0 Å². The molecule has 0 fully saturated rings. The van der Waals surface area contributed by atoms with Crippen molar-refractivity contribution in [1.29, 1.82) is 0 Å². The predicted molar refractivity (Wildman–Crippen MR) is 192 cm³/mol. The van der Waals surface area contributed by atoms with Crippen molar-refractivity contribution >= 4 is 60.7 Å². The molecule has 0 bridgehead atoms. The van der Waals surface area contributed by atoms with Crippen molar-refractivity contribution < 1.29 is 4.42 Å². The molecule has 0 aliphatic rings. The first-order valence-electron chi connectivity index (χ1n) is 15.5. The highest BCUT2D eigenvalue weighted by Crippen LogP contribution is 2.41. The highest BCUT2D eigenvalue weighted by Gasteiger charge is 2.17. The Morgan fingerprint density at radius 1 is 0.391 bits per heavy atom. The summed E-state index contributed by atoms with van der Waals surface area (Å²) in [6, 6.07) is 58.1. The predicted octanol–water partition coefficient (Wildman–Crippen LogP) is 12.1. The van der Waals surface area contributed by atoms with Crippen LogP contribution in [0.5, 0.6) is 0 Å². The third-order valence-electron chi connectivity index (χ3n) is 8.86. The smallest absolute Gasteiger partial charge is 0.137 e. The number of furan rings is 1. The summed E-state index contributed by atoms with van der Waals surface area (Å²) in [5.74, 6) is 0. The summed E-state index contributed by atoms with van der Waals surface area (Å²) in [7, 11) is 0. The van der Waals surface area contributed by atoms with E-state index in [1.807, 2.05) is 18.3 Å². The summed E-state index contributed by atoms with van der Waals surface area (Å²) in [5, 5.41) is 5.74. The molecule has 7 aromatic carbocycles. The SMILES string of the molecule is c1ccc(-c2ccc(N(c3cccc(-c4ccc5ccccc5c4)c3)c3ccc4oc5cc6ncccc6cc5c4c3)cc2)cc1. The standard InChI is InChI=1S/C43H28N2O/c1-2-8-29(9-3-1)31-17-19-36(20-18-31)45(37-14-6-12-33(25-37)34-16-15-30-10-4-5-11-32(30)24-34)38-21-22-42-40(27-38)39-26-35-13-7-23-44-41(35)28-43(39)46-42/h1-28H. The largest absolute Gasteiger partial charge is 0.456 e. The van der Waals surface area contributed by atoms with Crippen molar-refractivity contribution in [1.82, 2.24) is 4.98 Å². The van der Waals surface area contributed by atoms with Crippen molar-refractivity contribution in [2.24, 2.45) is 0 Å². The maximum Gasteiger partial charge on any atom is 0.137 e. The Hall–Kier alpha value is -6.19. The average molecular weight is 589 g/mol. The fourth-order valence-corrected chi connectivity index (χ4v) is 6.55. The molecule has 0 aliphatic heterocycles. The number of hydrogen-bond acceptors (Lipinski definition) is 3. The van der Waals surface area contributed by atoms with E-state index in [2.05, 4.69) is 162 Å². The number of benzene rings is 7. The Bertz CT molecular complexity index is 2530. The Morgan fingerprint density at radius 2 is 1.07 bits per heavy atom. The summed E-state index contributed by atoms with van der Waals surface area (Å²) >= 11 is 0. The molecule has 0 amide bonds. The second-order valence-electron chi connectivity index (χ2n) is 11.7. The van der Waals surface area contributed by atoms with Crippen LogP contribution in [-0.4, -0.2) is 4.98 Å². The van der Waals surface area contributed by atoms with Gasteiger partial charge in [0, 0.05) is 45.5 Å². The van der Waals surface area contributed by atoms with Gasteiger partial charge in [0.25, 0.3) is 0 Å². The van der Waals surface area contributed by atoms with Crippen LogP contribution in [0.4, 0.5) is 17.1 Å². The highest BCUT2D eigenvalue weighted by molar-refractivity contribution is 6.10. The van der Waals surface area contributed by atoms with E-state index in [-0.39, 0.29) is 0 Å². The number of pyridine rings is 1. The van der Waals surface area contributed by atoms with E-state index in [0.29, 0.717) is 0 Å². The van der Waals surface area contributed by atoms with Crippen molar-refractivity contribution in [2.45, 2.75) is 0 Å². The number of fused-ring (bicyclic) bond motifs is 5. The second-order valence-corrected chi connectivity index (χ2v) is 11.7. The van der Waals surface area contributed by atoms with Crippen LogP contribution < -0.4 is 4.90 Å². The summed E-state index contributed by atoms with van der Waals surface area (Å²) < 4.78 is 6.32. The second kappa shape index (κ2) is 10.8. The maximum atomic E-state index is 6.32. The Labute approximate surface area is 266 Å². The van der Waals surface area contributed by atoms with Crippen LogP contribution in [0.2, 0.25) is 0 Å². The molecule has 3 nitrogen and oxygen atoms in total. The van der Waals surface area contributed by atoms with Gasteiger partial charge in [-0.3, -0.25) is 4.98 Å². The number of nitrogens with zero attached hydrogens (tertiary/aromatic N) is 2. The summed E-state index contributed by atoms with van der Waals surface area (Å²) in [5.41, 5.74) is 10.6. The molecule has 0 atom stereocenters. The molecule has 0 saturated carbocycles. The van der Waals surface area contributed by atoms with Crippen LogP contribution in [0.15, 0.2) is 174 Å². The van der Waals surface area contributed by atoms with Crippen molar-refractivity contribution in [2.75, 3.05) is 4.90 Å². The van der Waals surface area contributed by atoms with Gasteiger partial charge in [-0.05, 0) is 93.7 Å². The molecule has 0 N–H and O–H groups in total. The van der Waals surface area contributed by atoms with Gasteiger partial charge in [0.2, 0.25) is 0 Å². The zero-order valence-electron chi connectivity index (χ0n) is 25.0. The van der Waals surface area contributed by atoms with Gasteiger partial charge >= 0.3 is 0 Å². The van der Waals surface area contributed by atoms with Crippen LogP contribution >= 0.6 is 0 Å². The number of rotatable bonds is 5. The maximum absolute atomic E-state index is 6.32. The van der Waals surface area contributed by atoms with Crippen LogP contribution in [0, 0.1) is 0 Å². The molecule has 0 radical (unpaired) electrons. The topological polar surface area (TPSA) is 29.3 Å². The van der Waals surface area contributed by atoms with Gasteiger partial charge in [-0.2, -0.15) is 0 Å². The molecule has 0 saturated heterocycles. The lowest BCUT2D eigenvalue weighted by molar-refractivity contribution is 0.669. The molecule has 216 valence electrons. The first-order chi connectivity index (χ1) is 22.8. The van der Waals surface area contributed by atoms with Crippen molar-refractivity contribution in [3.8, 4) is 22.3 Å². The molecule has 0 aliphatic carbocycles. The normalized spacial score (nSPS) is 11.5. The average Bonchev–Trinajstić information content (AvgIpc) is 3.48. The minimum Gasteiger partial charge on any atom is -0.456 e. The van der Waals surface area contributed by atoms with E-state index in [1.165, 1.54) is 33.0 Å². The van der Waals surface area contributed by atoms with Gasteiger partial charge in [0.05, 0.1) is 5.52 Å². The summed E-state index contributed by atoms with van der Waals surface area (Å²) in [4.78, 5) is 6.87. The monoisotopic (exact) mass is 588 g/mol. The van der Waals surface area contributed by atoms with Crippen molar-refractivity contribution in [3.63, 3.8) is 0 Å². The van der Waals surface area contributed by atoms with Crippen molar-refractivity contribution in [3.05, 3.63) is 170 Å². The lowest BCUT2D eigenvalue weighted by atomic mass is 10.00. The minimum absolute atomic E-state index is 0.843. The molecule has 46 heavy (non-hydrogen) atoms. The molecule has 9 aromatic rings. The number of anilines is 3. The first-order valence-corrected chi connectivity index (χ1v) is 15.5. The van der Waals surface area contributed by atoms with Gasteiger partial charge in [-0.15, -0.1) is 0 Å². The number of hydrogen-bond donors (Lipinski definition) is 0. The molecule has 2 aromatic heterocycles. The van der Waals surface area contributed by atoms with E-state index in [9.17, 15) is 0 Å². The van der Waals surface area contributed by atoms with Gasteiger partial charge in [0.15, 0.2) is 0 Å². The van der Waals surface area contributed by atoms with Gasteiger partial charge in [-0.25, -0.2) is 0 Å². The van der Waals surface area contributed by atoms with E-state index < -0.39 is 0 Å². The van der Waals surface area contributed by atoms with Gasteiger partial charge in [-0.1, -0.05) is 97.1 Å². The van der Waals surface area contributed by atoms with E-state index in [0.717, 1.165) is 49.9 Å². The first kappa shape index (κ1) is 26.2. The Balaban J connectivity index is 1.21. The Kier molecular flexibility index (Phi) is 6.14. The molecule has 2 heterocycles. The van der Waals surface area contributed by atoms with Gasteiger partial charge in [0.1, 0.15) is 11.2 Å². The third-order valence-corrected chi connectivity index (χ3v) is 8.86.